The number of carbonyl (C=O) groups excluding carboxylic acids is 6. The van der Waals surface area contributed by atoms with Gasteiger partial charge in [0.15, 0.2) is 0 Å². The first-order chi connectivity index (χ1) is 33.4. The Morgan fingerprint density at radius 3 is 2.39 bits per heavy atom. The zero-order chi connectivity index (χ0) is 50.3. The van der Waals surface area contributed by atoms with Gasteiger partial charge in [-0.3, -0.25) is 33.7 Å². The number of rotatable bonds is 20. The van der Waals surface area contributed by atoms with E-state index in [0.29, 0.717) is 37.9 Å². The van der Waals surface area contributed by atoms with Crippen LogP contribution in [0.3, 0.4) is 0 Å². The Kier molecular flexibility index (Phi) is 16.8. The number of unbranched alkanes of at least 4 members (excludes halogenated alkanes) is 2. The molecule has 0 radical (unpaired) electrons. The maximum Gasteiger partial charge on any atom is 0.246 e. The van der Waals surface area contributed by atoms with E-state index in [1.807, 2.05) is 107 Å². The highest BCUT2D eigenvalue weighted by molar-refractivity contribution is 7.13. The summed E-state index contributed by atoms with van der Waals surface area (Å²) in [5.74, 6) is -1.58. The van der Waals surface area contributed by atoms with E-state index in [1.165, 1.54) is 4.90 Å². The van der Waals surface area contributed by atoms with Crippen LogP contribution in [0.1, 0.15) is 107 Å². The van der Waals surface area contributed by atoms with Gasteiger partial charge in [-0.15, -0.1) is 11.3 Å². The summed E-state index contributed by atoms with van der Waals surface area (Å²) >= 11 is 1.57. The van der Waals surface area contributed by atoms with Crippen LogP contribution in [-0.4, -0.2) is 99.4 Å². The van der Waals surface area contributed by atoms with Gasteiger partial charge < -0.3 is 42.2 Å². The second-order valence-electron chi connectivity index (χ2n) is 20.1. The predicted molar refractivity (Wildman–Crippen MR) is 268 cm³/mol. The van der Waals surface area contributed by atoms with Crippen LogP contribution in [0.15, 0.2) is 72.2 Å². The van der Waals surface area contributed by atoms with Gasteiger partial charge in [0.1, 0.15) is 30.0 Å². The van der Waals surface area contributed by atoms with Crippen LogP contribution in [0.4, 0.5) is 5.69 Å². The summed E-state index contributed by atoms with van der Waals surface area (Å²) < 4.78 is 6.38. The topological polar surface area (TPSA) is 239 Å². The number of aliphatic hydroxyl groups is 1. The normalized spacial score (nSPS) is 20.0. The average molecular weight is 977 g/mol. The smallest absolute Gasteiger partial charge is 0.246 e. The fraction of sp³-hybridized carbons (Fsp3) is 0.491. The number of nitrogens with zero attached hydrogens (tertiary/aromatic N) is 3. The molecule has 374 valence electrons. The number of β-amino-alcohol motifs (C(OH)–C–C–N with tert-alkyl or cyclic N) is 1. The minimum absolute atomic E-state index is 0.00542. The number of hydrogen-bond acceptors (Lipinski definition) is 11. The van der Waals surface area contributed by atoms with Gasteiger partial charge >= 0.3 is 0 Å². The number of ether oxygens (including phenoxy) is 1. The van der Waals surface area contributed by atoms with E-state index in [2.05, 4.69) is 20.9 Å². The van der Waals surface area contributed by atoms with Crippen molar-refractivity contribution in [1.82, 2.24) is 25.8 Å². The number of primary amides is 1. The molecule has 0 saturated carbocycles. The van der Waals surface area contributed by atoms with Crippen molar-refractivity contribution in [1.29, 1.82) is 0 Å². The lowest BCUT2D eigenvalue weighted by atomic mass is 9.85. The minimum Gasteiger partial charge on any atom is -0.489 e. The van der Waals surface area contributed by atoms with Gasteiger partial charge in [0.2, 0.25) is 35.4 Å². The molecular formula is C53H68N8O8S. The highest BCUT2D eigenvalue weighted by atomic mass is 32.1. The van der Waals surface area contributed by atoms with Crippen LogP contribution < -0.4 is 37.1 Å². The van der Waals surface area contributed by atoms with Gasteiger partial charge in [0.25, 0.3) is 0 Å². The quantitative estimate of drug-likeness (QED) is 0.0663. The van der Waals surface area contributed by atoms with Crippen LogP contribution in [0, 0.1) is 12.3 Å². The zero-order valence-electron chi connectivity index (χ0n) is 40.9. The van der Waals surface area contributed by atoms with E-state index in [4.69, 9.17) is 16.2 Å². The summed E-state index contributed by atoms with van der Waals surface area (Å²) in [5.41, 5.74) is 19.5. The van der Waals surface area contributed by atoms with Crippen molar-refractivity contribution in [3.8, 4) is 16.2 Å². The summed E-state index contributed by atoms with van der Waals surface area (Å²) in [6.45, 7) is 9.64. The Morgan fingerprint density at radius 1 is 0.929 bits per heavy atom. The Bertz CT molecular complexity index is 2540. The number of anilines is 1. The SMILES string of the molecule is Cc1ncsc1-c1ccc(CNC(=O)[C@@H]2C[C@@H](O)CN2C(=O)[C@@H](NC(=O)CCCCCc2cccc(O[C@H](C)[C@H](CCC(N)=O)NC(=O)[C@@H]3Cc4cccc5c4N3C(=O)[C@@H](N)CC5)c2)C(C)(C)C)cc1. The number of nitrogens with two attached hydrogens (primary N) is 2. The van der Waals surface area contributed by atoms with E-state index in [9.17, 15) is 33.9 Å². The number of aliphatic hydroxyl groups excluding tert-OH is 1. The lowest BCUT2D eigenvalue weighted by Gasteiger charge is -2.35. The number of amides is 6. The minimum atomic E-state index is -0.914. The number of para-hydroxylation sites is 1. The van der Waals surface area contributed by atoms with Crippen molar-refractivity contribution in [3.63, 3.8) is 0 Å². The van der Waals surface area contributed by atoms with Crippen LogP contribution in [0.25, 0.3) is 10.4 Å². The molecule has 0 aliphatic carbocycles. The highest BCUT2D eigenvalue weighted by Crippen LogP contribution is 2.39. The third-order valence-electron chi connectivity index (χ3n) is 13.6. The van der Waals surface area contributed by atoms with Gasteiger partial charge in [-0.25, -0.2) is 4.98 Å². The number of carbonyl (C=O) groups is 6. The summed E-state index contributed by atoms with van der Waals surface area (Å²) in [4.78, 5) is 88.8. The van der Waals surface area contributed by atoms with Crippen molar-refractivity contribution in [2.45, 2.75) is 154 Å². The maximum absolute atomic E-state index is 14.1. The summed E-state index contributed by atoms with van der Waals surface area (Å²) in [6.07, 6.45) is 3.48. The second-order valence-corrected chi connectivity index (χ2v) is 20.9. The number of likely N-dealkylation sites (tertiary alicyclic amines) is 1. The molecule has 1 saturated heterocycles. The third kappa shape index (κ3) is 12.6. The van der Waals surface area contributed by atoms with Gasteiger partial charge in [-0.2, -0.15) is 0 Å². The van der Waals surface area contributed by atoms with Crippen molar-refractivity contribution in [2.75, 3.05) is 11.4 Å². The molecule has 16 nitrogen and oxygen atoms in total. The molecule has 4 aromatic rings. The zero-order valence-corrected chi connectivity index (χ0v) is 41.7. The first-order valence-electron chi connectivity index (χ1n) is 24.5. The number of benzene rings is 3. The summed E-state index contributed by atoms with van der Waals surface area (Å²) in [5, 5.41) is 19.6. The molecule has 0 unspecified atom stereocenters. The molecule has 3 aromatic carbocycles. The van der Waals surface area contributed by atoms with Crippen LogP contribution in [0.5, 0.6) is 5.75 Å². The molecule has 7 atom stereocenters. The molecule has 17 heteroatoms. The highest BCUT2D eigenvalue weighted by Gasteiger charge is 2.45. The fourth-order valence-corrected chi connectivity index (χ4v) is 10.6. The molecule has 4 heterocycles. The van der Waals surface area contributed by atoms with E-state index < -0.39 is 59.6 Å². The number of nitrogens with one attached hydrogen (secondary N) is 3. The standard InChI is InChI=1S/C53H68N8O8S/c1-31-47(70-30-57-31)36-19-17-34(18-20-36)28-56-49(65)42-27-38(62)29-60(42)52(68)48(53(3,4)5)59-45(64)16-8-6-7-11-33-12-9-15-39(25-33)69-32(2)41(23-24-44(55)63)58-50(66)43-26-37-14-10-13-35-21-22-40(54)51(67)61(43)46(35)37/h9-10,12-15,17-20,25,30,32,38,40-43,48,62H,6-8,11,16,21-24,26-29,54H2,1-5H3,(H2,55,63)(H,56,65)(H,58,66)(H,59,64)/t32-,38-,40+,41+,42+,43+,48-/m1/s1. The maximum atomic E-state index is 14.1. The average Bonchev–Trinajstić information content (AvgIpc) is 4.04. The van der Waals surface area contributed by atoms with Crippen molar-refractivity contribution >= 4 is 52.5 Å². The molecule has 3 aliphatic heterocycles. The molecule has 6 amide bonds. The van der Waals surface area contributed by atoms with Gasteiger partial charge in [0, 0.05) is 38.8 Å². The van der Waals surface area contributed by atoms with E-state index in [0.717, 1.165) is 56.9 Å². The lowest BCUT2D eigenvalue weighted by Crippen LogP contribution is -2.57. The summed E-state index contributed by atoms with van der Waals surface area (Å²) in [7, 11) is 0. The molecule has 70 heavy (non-hydrogen) atoms. The first kappa shape index (κ1) is 51.7. The third-order valence-corrected chi connectivity index (χ3v) is 14.6. The van der Waals surface area contributed by atoms with Crippen molar-refractivity contribution < 1.29 is 38.6 Å². The second kappa shape index (κ2) is 22.7. The predicted octanol–water partition coefficient (Wildman–Crippen LogP) is 4.78. The van der Waals surface area contributed by atoms with Gasteiger partial charge in [-0.1, -0.05) is 81.8 Å². The largest absolute Gasteiger partial charge is 0.489 e. The van der Waals surface area contributed by atoms with Gasteiger partial charge in [-0.05, 0) is 97.7 Å². The Morgan fingerprint density at radius 2 is 1.67 bits per heavy atom. The van der Waals surface area contributed by atoms with Gasteiger partial charge in [0.05, 0.1) is 40.0 Å². The summed E-state index contributed by atoms with van der Waals surface area (Å²) in [6, 6.07) is 17.5. The number of aromatic nitrogens is 1. The van der Waals surface area contributed by atoms with Crippen LogP contribution in [-0.2, 0) is 54.6 Å². The molecule has 1 aromatic heterocycles. The van der Waals surface area contributed by atoms with Crippen LogP contribution in [0.2, 0.25) is 0 Å². The number of hydrogen-bond donors (Lipinski definition) is 6. The fourth-order valence-electron chi connectivity index (χ4n) is 9.74. The van der Waals surface area contributed by atoms with E-state index in [1.54, 1.807) is 16.2 Å². The Labute approximate surface area is 414 Å². The number of thiazole rings is 1. The lowest BCUT2D eigenvalue weighted by molar-refractivity contribution is -0.144. The molecule has 8 N–H and O–H groups in total. The van der Waals surface area contributed by atoms with E-state index >= 15 is 0 Å². The molecule has 1 fully saturated rings. The van der Waals surface area contributed by atoms with Crippen molar-refractivity contribution in [3.05, 3.63) is 100 Å². The molecular weight excluding hydrogens is 909 g/mol. The molecule has 0 spiro atoms. The Balaban J connectivity index is 0.878. The van der Waals surface area contributed by atoms with E-state index in [-0.39, 0.29) is 62.4 Å². The molecule has 7 rings (SSSR count). The monoisotopic (exact) mass is 976 g/mol. The van der Waals surface area contributed by atoms with Crippen LogP contribution >= 0.6 is 11.3 Å². The Hall–Kier alpha value is -6.17. The molecule has 3 aliphatic rings. The molecule has 0 bridgehead atoms. The van der Waals surface area contributed by atoms with Crippen molar-refractivity contribution in [2.24, 2.45) is 16.9 Å². The first-order valence-corrected chi connectivity index (χ1v) is 25.3. The number of aryl methyl sites for hydroxylation is 3.